The van der Waals surface area contributed by atoms with Crippen LogP contribution < -0.4 is 9.47 Å². The van der Waals surface area contributed by atoms with Gasteiger partial charge in [0.25, 0.3) is 5.91 Å². The second-order valence-electron chi connectivity index (χ2n) is 6.59. The van der Waals surface area contributed by atoms with Crippen LogP contribution in [0.15, 0.2) is 78.9 Å². The summed E-state index contributed by atoms with van der Waals surface area (Å²) >= 11 is 0. The number of carbonyl (C=O) groups is 1. The molecule has 0 saturated heterocycles. The molecule has 1 unspecified atom stereocenters. The van der Waals surface area contributed by atoms with Gasteiger partial charge in [-0.1, -0.05) is 60.7 Å². The third-order valence-corrected chi connectivity index (χ3v) is 4.63. The van der Waals surface area contributed by atoms with Crippen molar-refractivity contribution < 1.29 is 14.3 Å². The molecule has 136 valence electrons. The van der Waals surface area contributed by atoms with Crippen molar-refractivity contribution >= 4 is 5.91 Å². The number of ether oxygens (including phenoxy) is 2. The van der Waals surface area contributed by atoms with Gasteiger partial charge in [-0.25, -0.2) is 0 Å². The summed E-state index contributed by atoms with van der Waals surface area (Å²) in [5.74, 6) is 1.44. The van der Waals surface area contributed by atoms with Crippen LogP contribution in [0.25, 0.3) is 11.1 Å². The molecule has 1 aliphatic rings. The molecule has 1 heterocycles. The highest BCUT2D eigenvalue weighted by atomic mass is 16.6. The standard InChI is InChI=1S/C23H21NO3/c1-24(15-18-16-26-21-13-7-8-14-22(21)27-18)23(25)20-12-6-5-11-19(20)17-9-3-2-4-10-17/h2-14,18H,15-16H2,1H3. The van der Waals surface area contributed by atoms with Crippen LogP contribution in [0.3, 0.4) is 0 Å². The van der Waals surface area contributed by atoms with Gasteiger partial charge < -0.3 is 14.4 Å². The summed E-state index contributed by atoms with van der Waals surface area (Å²) in [5, 5.41) is 0. The van der Waals surface area contributed by atoms with Crippen molar-refractivity contribution in [1.82, 2.24) is 4.90 Å². The monoisotopic (exact) mass is 359 g/mol. The summed E-state index contributed by atoms with van der Waals surface area (Å²) in [5.41, 5.74) is 2.64. The van der Waals surface area contributed by atoms with E-state index in [1.165, 1.54) is 0 Å². The summed E-state index contributed by atoms with van der Waals surface area (Å²) in [4.78, 5) is 14.8. The number of hydrogen-bond acceptors (Lipinski definition) is 3. The summed E-state index contributed by atoms with van der Waals surface area (Å²) in [6.45, 7) is 0.880. The molecule has 3 aromatic carbocycles. The minimum atomic E-state index is -0.197. The number of benzene rings is 3. The average molecular weight is 359 g/mol. The van der Waals surface area contributed by atoms with Crippen molar-refractivity contribution in [2.45, 2.75) is 6.10 Å². The molecule has 0 fully saturated rings. The van der Waals surface area contributed by atoms with Gasteiger partial charge in [-0.05, 0) is 29.3 Å². The lowest BCUT2D eigenvalue weighted by atomic mass is 9.99. The summed E-state index contributed by atoms with van der Waals surface area (Å²) < 4.78 is 11.7. The predicted octanol–water partition coefficient (Wildman–Crippen LogP) is 4.27. The quantitative estimate of drug-likeness (QED) is 0.698. The zero-order valence-electron chi connectivity index (χ0n) is 15.2. The van der Waals surface area contributed by atoms with Crippen molar-refractivity contribution in [3.8, 4) is 22.6 Å². The smallest absolute Gasteiger partial charge is 0.254 e. The van der Waals surface area contributed by atoms with E-state index < -0.39 is 0 Å². The fraction of sp³-hybridized carbons (Fsp3) is 0.174. The third kappa shape index (κ3) is 3.65. The molecule has 0 N–H and O–H groups in total. The number of carbonyl (C=O) groups excluding carboxylic acids is 1. The number of likely N-dealkylation sites (N-methyl/N-ethyl adjacent to an activating group) is 1. The summed E-state index contributed by atoms with van der Waals surface area (Å²) in [6, 6.07) is 25.2. The Morgan fingerprint density at radius 3 is 2.41 bits per heavy atom. The molecule has 0 bridgehead atoms. The molecule has 1 atom stereocenters. The van der Waals surface area contributed by atoms with Crippen LogP contribution in [0.1, 0.15) is 10.4 Å². The second kappa shape index (κ2) is 7.54. The first kappa shape index (κ1) is 17.2. The molecule has 4 nitrogen and oxygen atoms in total. The normalized spacial score (nSPS) is 15.2. The van der Waals surface area contributed by atoms with E-state index in [1.807, 2.05) is 78.9 Å². The molecule has 4 heteroatoms. The van der Waals surface area contributed by atoms with Gasteiger partial charge in [0, 0.05) is 12.6 Å². The van der Waals surface area contributed by atoms with Crippen LogP contribution in [-0.4, -0.2) is 37.1 Å². The van der Waals surface area contributed by atoms with Crippen LogP contribution in [0.5, 0.6) is 11.5 Å². The average Bonchev–Trinajstić information content (AvgIpc) is 2.73. The van der Waals surface area contributed by atoms with E-state index >= 15 is 0 Å². The number of hydrogen-bond donors (Lipinski definition) is 0. The van der Waals surface area contributed by atoms with Gasteiger partial charge in [0.05, 0.1) is 6.54 Å². The molecule has 0 saturated carbocycles. The molecule has 4 rings (SSSR count). The Bertz CT molecular complexity index is 939. The highest BCUT2D eigenvalue weighted by Gasteiger charge is 2.25. The Labute approximate surface area is 159 Å². The zero-order valence-corrected chi connectivity index (χ0v) is 15.2. The Hall–Kier alpha value is -3.27. The SMILES string of the molecule is CN(CC1COc2ccccc2O1)C(=O)c1ccccc1-c1ccccc1. The molecule has 3 aromatic rings. The van der Waals surface area contributed by atoms with E-state index in [0.29, 0.717) is 18.7 Å². The van der Waals surface area contributed by atoms with Crippen LogP contribution in [0.4, 0.5) is 0 Å². The van der Waals surface area contributed by atoms with Gasteiger partial charge in [0.1, 0.15) is 6.61 Å². The molecule has 0 radical (unpaired) electrons. The first-order chi connectivity index (χ1) is 13.2. The minimum Gasteiger partial charge on any atom is -0.486 e. The first-order valence-electron chi connectivity index (χ1n) is 9.01. The highest BCUT2D eigenvalue weighted by molar-refractivity contribution is 6.00. The van der Waals surface area contributed by atoms with Crippen LogP contribution in [-0.2, 0) is 0 Å². The van der Waals surface area contributed by atoms with Gasteiger partial charge >= 0.3 is 0 Å². The van der Waals surface area contributed by atoms with Gasteiger partial charge in [-0.15, -0.1) is 0 Å². The van der Waals surface area contributed by atoms with E-state index in [0.717, 1.165) is 22.6 Å². The molecule has 0 aromatic heterocycles. The molecular formula is C23H21NO3. The highest BCUT2D eigenvalue weighted by Crippen LogP contribution is 2.31. The van der Waals surface area contributed by atoms with Crippen molar-refractivity contribution in [3.05, 3.63) is 84.4 Å². The van der Waals surface area contributed by atoms with E-state index in [2.05, 4.69) is 0 Å². The van der Waals surface area contributed by atoms with Gasteiger partial charge in [-0.2, -0.15) is 0 Å². The van der Waals surface area contributed by atoms with Gasteiger partial charge in [0.2, 0.25) is 0 Å². The van der Waals surface area contributed by atoms with Crippen molar-refractivity contribution in [2.75, 3.05) is 20.2 Å². The number of rotatable bonds is 4. The molecule has 0 spiro atoms. The van der Waals surface area contributed by atoms with Crippen molar-refractivity contribution in [2.24, 2.45) is 0 Å². The fourth-order valence-corrected chi connectivity index (χ4v) is 3.29. The second-order valence-corrected chi connectivity index (χ2v) is 6.59. The Morgan fingerprint density at radius 1 is 0.926 bits per heavy atom. The predicted molar refractivity (Wildman–Crippen MR) is 105 cm³/mol. The molecule has 27 heavy (non-hydrogen) atoms. The number of nitrogens with zero attached hydrogens (tertiary/aromatic N) is 1. The molecule has 0 aliphatic carbocycles. The van der Waals surface area contributed by atoms with E-state index in [1.54, 1.807) is 11.9 Å². The largest absolute Gasteiger partial charge is 0.486 e. The van der Waals surface area contributed by atoms with Gasteiger partial charge in [-0.3, -0.25) is 4.79 Å². The zero-order chi connectivity index (χ0) is 18.6. The topological polar surface area (TPSA) is 38.8 Å². The number of fused-ring (bicyclic) bond motifs is 1. The van der Waals surface area contributed by atoms with Crippen LogP contribution in [0.2, 0.25) is 0 Å². The first-order valence-corrected chi connectivity index (χ1v) is 9.01. The maximum atomic E-state index is 13.1. The van der Waals surface area contributed by atoms with Crippen LogP contribution in [0, 0.1) is 0 Å². The lowest BCUT2D eigenvalue weighted by Gasteiger charge is -2.30. The maximum Gasteiger partial charge on any atom is 0.254 e. The lowest BCUT2D eigenvalue weighted by Crippen LogP contribution is -2.41. The van der Waals surface area contributed by atoms with Crippen molar-refractivity contribution in [3.63, 3.8) is 0 Å². The molecule has 1 aliphatic heterocycles. The minimum absolute atomic E-state index is 0.0306. The van der Waals surface area contributed by atoms with Crippen molar-refractivity contribution in [1.29, 1.82) is 0 Å². The Balaban J connectivity index is 1.51. The Kier molecular flexibility index (Phi) is 4.79. The van der Waals surface area contributed by atoms with E-state index in [4.69, 9.17) is 9.47 Å². The van der Waals surface area contributed by atoms with E-state index in [-0.39, 0.29) is 12.0 Å². The Morgan fingerprint density at radius 2 is 1.59 bits per heavy atom. The van der Waals surface area contributed by atoms with Crippen LogP contribution >= 0.6 is 0 Å². The van der Waals surface area contributed by atoms with Gasteiger partial charge in [0.15, 0.2) is 17.6 Å². The summed E-state index contributed by atoms with van der Waals surface area (Å²) in [7, 11) is 1.80. The molecule has 1 amide bonds. The summed E-state index contributed by atoms with van der Waals surface area (Å²) in [6.07, 6.45) is -0.197. The fourth-order valence-electron chi connectivity index (χ4n) is 3.29. The van der Waals surface area contributed by atoms with E-state index in [9.17, 15) is 4.79 Å². The number of amides is 1. The maximum absolute atomic E-state index is 13.1. The lowest BCUT2D eigenvalue weighted by molar-refractivity contribution is 0.0521. The number of para-hydroxylation sites is 2. The third-order valence-electron chi connectivity index (χ3n) is 4.63. The molecular weight excluding hydrogens is 338 g/mol.